The fraction of sp³-hybridized carbons (Fsp3) is 0.235. The molecule has 1 atom stereocenters. The molecule has 0 aliphatic heterocycles. The molecule has 2 N–H and O–H groups in total. The first kappa shape index (κ1) is 15.1. The minimum Gasteiger partial charge on any atom is -0.494 e. The first-order chi connectivity index (χ1) is 10.1. The quantitative estimate of drug-likeness (QED) is 0.885. The summed E-state index contributed by atoms with van der Waals surface area (Å²) in [5.41, 5.74) is 1.98. The van der Waals surface area contributed by atoms with Crippen molar-refractivity contribution < 1.29 is 14.6 Å². The largest absolute Gasteiger partial charge is 0.494 e. The topological polar surface area (TPSA) is 58.6 Å². The molecule has 0 saturated carbocycles. The van der Waals surface area contributed by atoms with Gasteiger partial charge in [-0.2, -0.15) is 0 Å². The Morgan fingerprint density at radius 1 is 1.24 bits per heavy atom. The summed E-state index contributed by atoms with van der Waals surface area (Å²) in [6, 6.07) is 14.1. The Hall–Kier alpha value is -2.33. The van der Waals surface area contributed by atoms with Crippen LogP contribution in [-0.4, -0.2) is 17.6 Å². The van der Waals surface area contributed by atoms with E-state index in [4.69, 9.17) is 4.74 Å². The van der Waals surface area contributed by atoms with Crippen LogP contribution < -0.4 is 10.1 Å². The van der Waals surface area contributed by atoms with Crippen LogP contribution in [0.4, 0.5) is 5.69 Å². The molecule has 0 spiro atoms. The number of amides is 1. The van der Waals surface area contributed by atoms with E-state index in [1.807, 2.05) is 13.0 Å². The van der Waals surface area contributed by atoms with Gasteiger partial charge in [0.15, 0.2) is 0 Å². The minimum absolute atomic E-state index is 0.194. The molecular formula is C17H19NO3. The predicted molar refractivity (Wildman–Crippen MR) is 82.6 cm³/mol. The summed E-state index contributed by atoms with van der Waals surface area (Å²) in [7, 11) is 0. The molecule has 4 heteroatoms. The van der Waals surface area contributed by atoms with E-state index in [1.165, 1.54) is 0 Å². The van der Waals surface area contributed by atoms with Crippen LogP contribution in [0.25, 0.3) is 0 Å². The fourth-order valence-corrected chi connectivity index (χ4v) is 1.95. The van der Waals surface area contributed by atoms with Crippen LogP contribution in [0.5, 0.6) is 5.75 Å². The van der Waals surface area contributed by atoms with Crippen LogP contribution in [-0.2, 0) is 0 Å². The molecule has 0 aromatic heterocycles. The van der Waals surface area contributed by atoms with Crippen molar-refractivity contribution in [2.45, 2.75) is 20.0 Å². The zero-order valence-electron chi connectivity index (χ0n) is 12.2. The maximum Gasteiger partial charge on any atom is 0.255 e. The molecule has 2 aromatic rings. The average Bonchev–Trinajstić information content (AvgIpc) is 2.48. The van der Waals surface area contributed by atoms with Crippen molar-refractivity contribution in [1.29, 1.82) is 0 Å². The second kappa shape index (κ2) is 6.90. The number of rotatable bonds is 5. The van der Waals surface area contributed by atoms with E-state index >= 15 is 0 Å². The third-order valence-electron chi connectivity index (χ3n) is 3.05. The lowest BCUT2D eigenvalue weighted by Gasteiger charge is -2.09. The Bertz CT molecular complexity index is 606. The Labute approximate surface area is 124 Å². The zero-order valence-corrected chi connectivity index (χ0v) is 12.2. The van der Waals surface area contributed by atoms with Crippen LogP contribution in [0.1, 0.15) is 35.9 Å². The summed E-state index contributed by atoms with van der Waals surface area (Å²) < 4.78 is 5.34. The van der Waals surface area contributed by atoms with Crippen molar-refractivity contribution >= 4 is 11.6 Å². The molecule has 2 rings (SSSR count). The van der Waals surface area contributed by atoms with Crippen LogP contribution in [0, 0.1) is 0 Å². The number of hydrogen-bond donors (Lipinski definition) is 2. The summed E-state index contributed by atoms with van der Waals surface area (Å²) in [5, 5.41) is 12.4. The minimum atomic E-state index is -0.563. The van der Waals surface area contributed by atoms with Crippen LogP contribution in [0.2, 0.25) is 0 Å². The van der Waals surface area contributed by atoms with Gasteiger partial charge >= 0.3 is 0 Å². The van der Waals surface area contributed by atoms with Crippen molar-refractivity contribution in [3.63, 3.8) is 0 Å². The molecule has 0 aliphatic carbocycles. The van der Waals surface area contributed by atoms with Crippen LogP contribution >= 0.6 is 0 Å². The van der Waals surface area contributed by atoms with Gasteiger partial charge in [-0.25, -0.2) is 0 Å². The second-order valence-electron chi connectivity index (χ2n) is 4.71. The van der Waals surface area contributed by atoms with Gasteiger partial charge < -0.3 is 15.2 Å². The number of anilines is 1. The standard InChI is InChI=1S/C17H19NO3/c1-3-21-16-9-7-13(8-10-16)17(20)18-15-6-4-5-14(11-15)12(2)19/h4-12,19H,3H2,1-2H3,(H,18,20)/t12-/m1/s1. The number of benzene rings is 2. The Morgan fingerprint density at radius 3 is 2.57 bits per heavy atom. The van der Waals surface area contributed by atoms with Crippen LogP contribution in [0.15, 0.2) is 48.5 Å². The van der Waals surface area contributed by atoms with E-state index in [0.717, 1.165) is 11.3 Å². The first-order valence-electron chi connectivity index (χ1n) is 6.92. The van der Waals surface area contributed by atoms with Gasteiger partial charge in [0.2, 0.25) is 0 Å². The molecule has 1 amide bonds. The highest BCUT2D eigenvalue weighted by Crippen LogP contribution is 2.18. The number of carbonyl (C=O) groups excluding carboxylic acids is 1. The lowest BCUT2D eigenvalue weighted by Crippen LogP contribution is -2.12. The summed E-state index contributed by atoms with van der Waals surface area (Å²) in [5.74, 6) is 0.547. The molecule has 0 aliphatic rings. The maximum absolute atomic E-state index is 12.1. The van der Waals surface area contributed by atoms with Gasteiger partial charge in [-0.3, -0.25) is 4.79 Å². The molecule has 0 fully saturated rings. The molecule has 110 valence electrons. The monoisotopic (exact) mass is 285 g/mol. The molecule has 2 aromatic carbocycles. The van der Waals surface area contributed by atoms with E-state index in [1.54, 1.807) is 49.4 Å². The van der Waals surface area contributed by atoms with Gasteiger partial charge in [0, 0.05) is 11.3 Å². The molecular weight excluding hydrogens is 266 g/mol. The Kier molecular flexibility index (Phi) is 4.95. The van der Waals surface area contributed by atoms with Gasteiger partial charge in [0.25, 0.3) is 5.91 Å². The normalized spacial score (nSPS) is 11.8. The van der Waals surface area contributed by atoms with E-state index in [2.05, 4.69) is 5.32 Å². The van der Waals surface area contributed by atoms with E-state index in [0.29, 0.717) is 17.9 Å². The summed E-state index contributed by atoms with van der Waals surface area (Å²) in [6.07, 6.45) is -0.563. The van der Waals surface area contributed by atoms with Crippen molar-refractivity contribution in [3.8, 4) is 5.75 Å². The second-order valence-corrected chi connectivity index (χ2v) is 4.71. The third kappa shape index (κ3) is 4.07. The van der Waals surface area contributed by atoms with Crippen LogP contribution in [0.3, 0.4) is 0 Å². The third-order valence-corrected chi connectivity index (χ3v) is 3.05. The van der Waals surface area contributed by atoms with Gasteiger partial charge in [-0.05, 0) is 55.8 Å². The van der Waals surface area contributed by atoms with Crippen molar-refractivity contribution in [2.24, 2.45) is 0 Å². The lowest BCUT2D eigenvalue weighted by molar-refractivity contribution is 0.102. The number of nitrogens with one attached hydrogen (secondary N) is 1. The summed E-state index contributed by atoms with van der Waals surface area (Å²) in [6.45, 7) is 4.20. The Morgan fingerprint density at radius 2 is 1.95 bits per heavy atom. The predicted octanol–water partition coefficient (Wildman–Crippen LogP) is 3.39. The maximum atomic E-state index is 12.1. The van der Waals surface area contributed by atoms with Gasteiger partial charge in [-0.15, -0.1) is 0 Å². The smallest absolute Gasteiger partial charge is 0.255 e. The molecule has 0 radical (unpaired) electrons. The molecule has 0 unspecified atom stereocenters. The highest BCUT2D eigenvalue weighted by Gasteiger charge is 2.08. The molecule has 0 saturated heterocycles. The Balaban J connectivity index is 2.08. The van der Waals surface area contributed by atoms with E-state index in [-0.39, 0.29) is 5.91 Å². The SMILES string of the molecule is CCOc1ccc(C(=O)Nc2cccc([C@@H](C)O)c2)cc1. The van der Waals surface area contributed by atoms with Gasteiger partial charge in [-0.1, -0.05) is 12.1 Å². The zero-order chi connectivity index (χ0) is 15.2. The highest BCUT2D eigenvalue weighted by molar-refractivity contribution is 6.04. The summed E-state index contributed by atoms with van der Waals surface area (Å²) >= 11 is 0. The van der Waals surface area contributed by atoms with Gasteiger partial charge in [0.05, 0.1) is 12.7 Å². The van der Waals surface area contributed by atoms with Crippen molar-refractivity contribution in [2.75, 3.05) is 11.9 Å². The first-order valence-corrected chi connectivity index (χ1v) is 6.92. The number of carbonyl (C=O) groups is 1. The number of hydrogen-bond acceptors (Lipinski definition) is 3. The molecule has 0 heterocycles. The number of ether oxygens (including phenoxy) is 1. The highest BCUT2D eigenvalue weighted by atomic mass is 16.5. The molecule has 4 nitrogen and oxygen atoms in total. The van der Waals surface area contributed by atoms with Gasteiger partial charge in [0.1, 0.15) is 5.75 Å². The van der Waals surface area contributed by atoms with E-state index in [9.17, 15) is 9.90 Å². The number of aliphatic hydroxyl groups is 1. The molecule has 21 heavy (non-hydrogen) atoms. The average molecular weight is 285 g/mol. The summed E-state index contributed by atoms with van der Waals surface area (Å²) in [4.78, 5) is 12.1. The molecule has 0 bridgehead atoms. The fourth-order valence-electron chi connectivity index (χ4n) is 1.95. The van der Waals surface area contributed by atoms with Crippen molar-refractivity contribution in [1.82, 2.24) is 0 Å². The van der Waals surface area contributed by atoms with E-state index < -0.39 is 6.10 Å². The lowest BCUT2D eigenvalue weighted by atomic mass is 10.1. The number of aliphatic hydroxyl groups excluding tert-OH is 1. The van der Waals surface area contributed by atoms with Crippen molar-refractivity contribution in [3.05, 3.63) is 59.7 Å².